The van der Waals surface area contributed by atoms with Gasteiger partial charge in [-0.3, -0.25) is 19.3 Å². The first kappa shape index (κ1) is 18.2. The van der Waals surface area contributed by atoms with Crippen molar-refractivity contribution in [2.45, 2.75) is 25.9 Å². The second-order valence-electron chi connectivity index (χ2n) is 5.42. The number of aliphatic carboxylic acids is 1. The maximum absolute atomic E-state index is 12.5. The molecule has 9 nitrogen and oxygen atoms in total. The third-order valence-electron chi connectivity index (χ3n) is 3.63. The van der Waals surface area contributed by atoms with Crippen LogP contribution in [0, 0.1) is 0 Å². The number of carbonyl (C=O) groups is 4. The van der Waals surface area contributed by atoms with E-state index in [-0.39, 0.29) is 18.9 Å². The Hall–Kier alpha value is -3.10. The number of phenolic OH excluding ortho intramolecular Hbond substituents is 1. The van der Waals surface area contributed by atoms with Crippen molar-refractivity contribution in [2.24, 2.45) is 0 Å². The number of esters is 1. The molecule has 3 amide bonds. The Labute approximate surface area is 143 Å². The van der Waals surface area contributed by atoms with E-state index >= 15 is 0 Å². The van der Waals surface area contributed by atoms with Crippen LogP contribution >= 0.6 is 0 Å². The van der Waals surface area contributed by atoms with Gasteiger partial charge in [-0.05, 0) is 24.6 Å². The van der Waals surface area contributed by atoms with Gasteiger partial charge >= 0.3 is 18.0 Å². The molecule has 0 unspecified atom stereocenters. The molecule has 25 heavy (non-hydrogen) atoms. The summed E-state index contributed by atoms with van der Waals surface area (Å²) < 4.78 is 4.73. The minimum Gasteiger partial charge on any atom is -0.508 e. The number of aromatic hydroxyl groups is 1. The number of ether oxygens (including phenoxy) is 1. The largest absolute Gasteiger partial charge is 0.508 e. The van der Waals surface area contributed by atoms with Gasteiger partial charge in [-0.25, -0.2) is 4.79 Å². The second kappa shape index (κ2) is 7.65. The molecule has 134 valence electrons. The fraction of sp³-hybridized carbons (Fsp3) is 0.375. The summed E-state index contributed by atoms with van der Waals surface area (Å²) in [4.78, 5) is 49.3. The van der Waals surface area contributed by atoms with E-state index < -0.39 is 42.9 Å². The molecule has 1 fully saturated rings. The molecule has 1 heterocycles. The van der Waals surface area contributed by atoms with E-state index in [1.165, 1.54) is 12.1 Å². The number of benzene rings is 1. The SMILES string of the molecule is CCOC(=O)CN1C(=O)[C@H](CC(=O)O)N(Cc2cccc(O)c2)C1=O. The molecule has 2 rings (SSSR count). The number of nitrogens with zero attached hydrogens (tertiary/aromatic N) is 2. The van der Waals surface area contributed by atoms with Gasteiger partial charge < -0.3 is 19.8 Å². The normalized spacial score (nSPS) is 17.1. The summed E-state index contributed by atoms with van der Waals surface area (Å²) >= 11 is 0. The number of phenols is 1. The van der Waals surface area contributed by atoms with E-state index in [0.29, 0.717) is 10.5 Å². The highest BCUT2D eigenvalue weighted by molar-refractivity contribution is 6.07. The average molecular weight is 350 g/mol. The summed E-state index contributed by atoms with van der Waals surface area (Å²) in [5, 5.41) is 18.5. The zero-order valence-corrected chi connectivity index (χ0v) is 13.5. The lowest BCUT2D eigenvalue weighted by molar-refractivity contribution is -0.147. The van der Waals surface area contributed by atoms with Crippen LogP contribution in [0.15, 0.2) is 24.3 Å². The Morgan fingerprint density at radius 1 is 1.28 bits per heavy atom. The van der Waals surface area contributed by atoms with E-state index in [9.17, 15) is 24.3 Å². The highest BCUT2D eigenvalue weighted by Gasteiger charge is 2.46. The van der Waals surface area contributed by atoms with Crippen molar-refractivity contribution in [3.05, 3.63) is 29.8 Å². The maximum Gasteiger partial charge on any atom is 0.328 e. The minimum absolute atomic E-state index is 0.0198. The first-order valence-corrected chi connectivity index (χ1v) is 7.60. The lowest BCUT2D eigenvalue weighted by Gasteiger charge is -2.20. The molecule has 1 aromatic rings. The summed E-state index contributed by atoms with van der Waals surface area (Å²) in [6.07, 6.45) is -0.581. The van der Waals surface area contributed by atoms with E-state index in [1.807, 2.05) is 0 Å². The van der Waals surface area contributed by atoms with Crippen molar-refractivity contribution < 1.29 is 34.1 Å². The predicted octanol–water partition coefficient (Wildman–Crippen LogP) is 0.563. The Balaban J connectivity index is 2.24. The highest BCUT2D eigenvalue weighted by Crippen LogP contribution is 2.24. The van der Waals surface area contributed by atoms with E-state index in [2.05, 4.69) is 0 Å². The number of carboxylic acids is 1. The molecular formula is C16H18N2O7. The molecule has 0 aliphatic carbocycles. The lowest BCUT2D eigenvalue weighted by atomic mass is 10.1. The van der Waals surface area contributed by atoms with Crippen molar-refractivity contribution in [2.75, 3.05) is 13.2 Å². The molecule has 1 aliphatic rings. The van der Waals surface area contributed by atoms with Crippen LogP contribution in [0.5, 0.6) is 5.75 Å². The van der Waals surface area contributed by atoms with Gasteiger partial charge in [0, 0.05) is 6.54 Å². The second-order valence-corrected chi connectivity index (χ2v) is 5.42. The summed E-state index contributed by atoms with van der Waals surface area (Å²) in [5.41, 5.74) is 0.523. The summed E-state index contributed by atoms with van der Waals surface area (Å²) in [6.45, 7) is 1.04. The number of hydrogen-bond acceptors (Lipinski definition) is 6. The molecule has 0 aromatic heterocycles. The summed E-state index contributed by atoms with van der Waals surface area (Å²) in [5.74, 6) is -2.78. The quantitative estimate of drug-likeness (QED) is 0.544. The molecule has 0 bridgehead atoms. The van der Waals surface area contributed by atoms with Crippen LogP contribution in [0.1, 0.15) is 18.9 Å². The van der Waals surface area contributed by atoms with Crippen molar-refractivity contribution in [3.63, 3.8) is 0 Å². The number of rotatable bonds is 7. The third-order valence-corrected chi connectivity index (χ3v) is 3.63. The monoisotopic (exact) mass is 350 g/mol. The van der Waals surface area contributed by atoms with E-state index in [4.69, 9.17) is 9.84 Å². The van der Waals surface area contributed by atoms with Crippen LogP contribution in [0.25, 0.3) is 0 Å². The third kappa shape index (κ3) is 4.25. The van der Waals surface area contributed by atoms with Crippen molar-refractivity contribution in [1.29, 1.82) is 0 Å². The van der Waals surface area contributed by atoms with Crippen LogP contribution in [-0.2, 0) is 25.7 Å². The first-order chi connectivity index (χ1) is 11.8. The van der Waals surface area contributed by atoms with E-state index in [1.54, 1.807) is 19.1 Å². The van der Waals surface area contributed by atoms with E-state index in [0.717, 1.165) is 4.90 Å². The zero-order valence-electron chi connectivity index (χ0n) is 13.5. The number of carboxylic acid groups (broad SMARTS) is 1. The van der Waals surface area contributed by atoms with Crippen molar-refractivity contribution in [3.8, 4) is 5.75 Å². The van der Waals surface area contributed by atoms with Gasteiger partial charge in [-0.1, -0.05) is 12.1 Å². The molecule has 2 N–H and O–H groups in total. The average Bonchev–Trinajstić information content (AvgIpc) is 2.73. The van der Waals surface area contributed by atoms with Gasteiger partial charge in [0.25, 0.3) is 5.91 Å². The molecule has 9 heteroatoms. The fourth-order valence-electron chi connectivity index (χ4n) is 2.57. The van der Waals surface area contributed by atoms with Crippen molar-refractivity contribution >= 4 is 23.9 Å². The minimum atomic E-state index is -1.25. The number of carbonyl (C=O) groups excluding carboxylic acids is 3. The molecule has 1 atom stereocenters. The maximum atomic E-state index is 12.5. The van der Waals surface area contributed by atoms with Crippen LogP contribution in [-0.4, -0.2) is 63.1 Å². The zero-order chi connectivity index (χ0) is 18.6. The Kier molecular flexibility index (Phi) is 5.58. The van der Waals surface area contributed by atoms with Gasteiger partial charge in [0.2, 0.25) is 0 Å². The smallest absolute Gasteiger partial charge is 0.328 e. The number of imide groups is 1. The number of urea groups is 1. The fourth-order valence-corrected chi connectivity index (χ4v) is 2.57. The topological polar surface area (TPSA) is 124 Å². The van der Waals surface area contributed by atoms with Gasteiger partial charge in [-0.15, -0.1) is 0 Å². The molecule has 0 saturated carbocycles. The molecule has 0 radical (unpaired) electrons. The van der Waals surface area contributed by atoms with Crippen LogP contribution < -0.4 is 0 Å². The van der Waals surface area contributed by atoms with Gasteiger partial charge in [0.05, 0.1) is 13.0 Å². The van der Waals surface area contributed by atoms with Crippen LogP contribution in [0.3, 0.4) is 0 Å². The Morgan fingerprint density at radius 2 is 2.00 bits per heavy atom. The highest BCUT2D eigenvalue weighted by atomic mass is 16.5. The van der Waals surface area contributed by atoms with Crippen LogP contribution in [0.2, 0.25) is 0 Å². The van der Waals surface area contributed by atoms with Crippen LogP contribution in [0.4, 0.5) is 4.79 Å². The van der Waals surface area contributed by atoms with Gasteiger partial charge in [0.1, 0.15) is 18.3 Å². The predicted molar refractivity (Wildman–Crippen MR) is 83.4 cm³/mol. The molecule has 1 aromatic carbocycles. The molecular weight excluding hydrogens is 332 g/mol. The number of amides is 3. The first-order valence-electron chi connectivity index (χ1n) is 7.60. The molecule has 1 saturated heterocycles. The lowest BCUT2D eigenvalue weighted by Crippen LogP contribution is -2.37. The molecule has 1 aliphatic heterocycles. The Bertz CT molecular complexity index is 703. The summed E-state index contributed by atoms with van der Waals surface area (Å²) in [6, 6.07) is 4.06. The van der Waals surface area contributed by atoms with Crippen molar-refractivity contribution in [1.82, 2.24) is 9.80 Å². The van der Waals surface area contributed by atoms with Gasteiger partial charge in [-0.2, -0.15) is 0 Å². The standard InChI is InChI=1S/C16H18N2O7/c1-2-25-14(22)9-18-15(23)12(7-13(20)21)17(16(18)24)8-10-4-3-5-11(19)6-10/h3-6,12,19H,2,7-9H2,1H3,(H,20,21)/t12-/m0/s1. The number of hydrogen-bond donors (Lipinski definition) is 2. The summed E-state index contributed by atoms with van der Waals surface area (Å²) in [7, 11) is 0. The Morgan fingerprint density at radius 3 is 2.60 bits per heavy atom. The molecule has 0 spiro atoms. The van der Waals surface area contributed by atoms with Gasteiger partial charge in [0.15, 0.2) is 0 Å².